The first-order valence-electron chi connectivity index (χ1n) is 28.2. The summed E-state index contributed by atoms with van der Waals surface area (Å²) in [6.45, 7) is 11.6. The molecule has 416 valence electrons. The third-order valence-electron chi connectivity index (χ3n) is 13.7. The predicted octanol–water partition coefficient (Wildman–Crippen LogP) is 14.9. The molecule has 0 spiro atoms. The van der Waals surface area contributed by atoms with E-state index in [-0.39, 0.29) is 34.8 Å². The maximum absolute atomic E-state index is 13.7. The van der Waals surface area contributed by atoms with Crippen molar-refractivity contribution in [1.82, 2.24) is 0 Å². The van der Waals surface area contributed by atoms with Crippen LogP contribution in [-0.2, 0) is 23.8 Å². The van der Waals surface area contributed by atoms with Crippen LogP contribution in [-0.4, -0.2) is 69.5 Å². The van der Waals surface area contributed by atoms with Crippen molar-refractivity contribution in [3.8, 4) is 28.7 Å². The molecule has 0 N–H and O–H groups in total. The summed E-state index contributed by atoms with van der Waals surface area (Å²) in [6, 6.07) is 26.0. The van der Waals surface area contributed by atoms with Crippen molar-refractivity contribution in [3.05, 3.63) is 139 Å². The maximum Gasteiger partial charge on any atom is 0.343 e. The Bertz CT molecular complexity index is 2380. The van der Waals surface area contributed by atoms with Crippen molar-refractivity contribution in [2.45, 2.75) is 154 Å². The van der Waals surface area contributed by atoms with Gasteiger partial charge in [0, 0.05) is 12.2 Å². The molecular weight excluding hydrogens is 977 g/mol. The molecule has 1 fully saturated rings. The highest BCUT2D eigenvalue weighted by Crippen LogP contribution is 2.38. The largest absolute Gasteiger partial charge is 0.494 e. The molecule has 4 aromatic carbocycles. The van der Waals surface area contributed by atoms with Crippen molar-refractivity contribution < 1.29 is 61.9 Å². The number of benzene rings is 4. The Morgan fingerprint density at radius 1 is 0.442 bits per heavy atom. The number of esters is 5. The van der Waals surface area contributed by atoms with Crippen LogP contribution < -0.4 is 23.7 Å². The number of carbonyl (C=O) groups excluding carboxylic acids is 5. The number of hydrogen-bond acceptors (Lipinski definition) is 13. The third-order valence-corrected chi connectivity index (χ3v) is 13.7. The zero-order valence-corrected chi connectivity index (χ0v) is 45.5. The minimum atomic E-state index is -0.722. The lowest BCUT2D eigenvalue weighted by Crippen LogP contribution is -2.14. The lowest BCUT2D eigenvalue weighted by molar-refractivity contribution is -0.138. The molecule has 1 aliphatic rings. The second-order valence-electron chi connectivity index (χ2n) is 19.6. The van der Waals surface area contributed by atoms with Gasteiger partial charge in [-0.3, -0.25) is 0 Å². The van der Waals surface area contributed by atoms with Crippen LogP contribution in [0.3, 0.4) is 0 Å². The van der Waals surface area contributed by atoms with E-state index in [1.807, 2.05) is 0 Å². The van der Waals surface area contributed by atoms with Crippen LogP contribution in [0, 0.1) is 5.92 Å². The number of unbranched alkanes of at least 4 members (excludes halogenated alkanes) is 13. The Hall–Kier alpha value is -6.89. The molecule has 0 aliphatic heterocycles. The van der Waals surface area contributed by atoms with Crippen LogP contribution in [0.1, 0.15) is 191 Å². The molecule has 0 bridgehead atoms. The smallest absolute Gasteiger partial charge is 0.343 e. The van der Waals surface area contributed by atoms with E-state index in [9.17, 15) is 24.0 Å². The number of rotatable bonds is 38. The highest BCUT2D eigenvalue weighted by Gasteiger charge is 2.23. The van der Waals surface area contributed by atoms with E-state index in [1.54, 1.807) is 48.5 Å². The number of ether oxygens (including phenoxy) is 8. The van der Waals surface area contributed by atoms with Crippen LogP contribution in [0.15, 0.2) is 116 Å². The lowest BCUT2D eigenvalue weighted by Gasteiger charge is -2.29. The molecule has 0 aromatic heterocycles. The number of hydrogen-bond donors (Lipinski definition) is 0. The Balaban J connectivity index is 1.06. The molecule has 0 atom stereocenters. The van der Waals surface area contributed by atoms with Crippen LogP contribution in [0.4, 0.5) is 0 Å². The van der Waals surface area contributed by atoms with Gasteiger partial charge in [-0.25, -0.2) is 24.0 Å². The van der Waals surface area contributed by atoms with Gasteiger partial charge in [-0.2, -0.15) is 0 Å². The number of carbonyl (C=O) groups is 5. The second kappa shape index (κ2) is 36.2. The first-order valence-corrected chi connectivity index (χ1v) is 28.2. The van der Waals surface area contributed by atoms with Crippen molar-refractivity contribution in [1.29, 1.82) is 0 Å². The molecule has 4 aromatic rings. The quantitative estimate of drug-likeness (QED) is 0.0137. The normalized spacial score (nSPS) is 13.9. The summed E-state index contributed by atoms with van der Waals surface area (Å²) in [5.41, 5.74) is 1.87. The second-order valence-corrected chi connectivity index (χ2v) is 19.6. The van der Waals surface area contributed by atoms with Gasteiger partial charge >= 0.3 is 29.8 Å². The molecule has 5 rings (SSSR count). The lowest BCUT2D eigenvalue weighted by atomic mass is 9.77. The van der Waals surface area contributed by atoms with Gasteiger partial charge in [0.25, 0.3) is 0 Å². The molecule has 0 saturated heterocycles. The molecule has 77 heavy (non-hydrogen) atoms. The van der Waals surface area contributed by atoms with Crippen molar-refractivity contribution in [2.24, 2.45) is 5.92 Å². The molecule has 0 radical (unpaired) electrons. The SMILES string of the molecule is C=CC(=O)OCCCCCCOc1ccc(C(=O)Oc2ccc(OC(=O)c3ccc(OCCCCCCOC(=O)C=C)cc3)c(C(=O)OCCCCCCCCOc3ccc(C4CCC(CCCCC)CC4)cc3)c2)cc1. The molecule has 0 heterocycles. The van der Waals surface area contributed by atoms with Gasteiger partial charge in [-0.05, 0) is 186 Å². The van der Waals surface area contributed by atoms with Gasteiger partial charge in [0.05, 0.1) is 50.8 Å². The minimum absolute atomic E-state index is 0.0504. The molecule has 0 unspecified atom stereocenters. The van der Waals surface area contributed by atoms with E-state index in [0.29, 0.717) is 56.9 Å². The molecule has 13 nitrogen and oxygen atoms in total. The Morgan fingerprint density at radius 3 is 1.32 bits per heavy atom. The Morgan fingerprint density at radius 2 is 0.857 bits per heavy atom. The van der Waals surface area contributed by atoms with Crippen LogP contribution >= 0.6 is 0 Å². The first kappa shape index (κ1) is 61.0. The van der Waals surface area contributed by atoms with Crippen LogP contribution in [0.25, 0.3) is 0 Å². The predicted molar refractivity (Wildman–Crippen MR) is 298 cm³/mol. The fourth-order valence-electron chi connectivity index (χ4n) is 9.13. The maximum atomic E-state index is 13.7. The summed E-state index contributed by atoms with van der Waals surface area (Å²) < 4.78 is 44.9. The van der Waals surface area contributed by atoms with Crippen molar-refractivity contribution >= 4 is 29.8 Å². The van der Waals surface area contributed by atoms with E-state index >= 15 is 0 Å². The molecular formula is C64H82O13. The van der Waals surface area contributed by atoms with Crippen molar-refractivity contribution in [2.75, 3.05) is 39.6 Å². The Kier molecular flexibility index (Phi) is 28.7. The van der Waals surface area contributed by atoms with Gasteiger partial charge in [0.15, 0.2) is 0 Å². The molecule has 1 aliphatic carbocycles. The fraction of sp³-hybridized carbons (Fsp3) is 0.484. The Labute approximate surface area is 457 Å². The average Bonchev–Trinajstić information content (AvgIpc) is 3.46. The summed E-state index contributed by atoms with van der Waals surface area (Å²) >= 11 is 0. The van der Waals surface area contributed by atoms with E-state index in [2.05, 4.69) is 44.3 Å². The molecule has 1 saturated carbocycles. The monoisotopic (exact) mass is 1060 g/mol. The van der Waals surface area contributed by atoms with Gasteiger partial charge in [0.1, 0.15) is 34.3 Å². The van der Waals surface area contributed by atoms with Gasteiger partial charge in [0.2, 0.25) is 0 Å². The summed E-state index contributed by atoms with van der Waals surface area (Å²) in [5.74, 6) is 0.755. The summed E-state index contributed by atoms with van der Waals surface area (Å²) in [5, 5.41) is 0. The van der Waals surface area contributed by atoms with Crippen LogP contribution in [0.2, 0.25) is 0 Å². The van der Waals surface area contributed by atoms with E-state index < -0.39 is 29.8 Å². The van der Waals surface area contributed by atoms with Gasteiger partial charge in [-0.15, -0.1) is 0 Å². The summed E-state index contributed by atoms with van der Waals surface area (Å²) in [4.78, 5) is 62.7. The first-order chi connectivity index (χ1) is 37.6. The van der Waals surface area contributed by atoms with Gasteiger partial charge < -0.3 is 37.9 Å². The highest BCUT2D eigenvalue weighted by molar-refractivity contribution is 5.97. The molecule has 13 heteroatoms. The van der Waals surface area contributed by atoms with Gasteiger partial charge in [-0.1, -0.05) is 83.6 Å². The standard InChI is InChI=1S/C64H82O13/c1-4-7-16-23-49-24-26-50(27-25-49)51-28-34-54(35-29-51)70-42-17-10-8-9-11-22-47-75-64(69)58-48-57(76-62(67)52-30-36-55(37-31-52)71-43-18-12-14-20-45-73-60(65)5-2)40-41-59(58)77-63(68)53-32-38-56(39-33-53)72-44-19-13-15-21-46-74-61(66)6-3/h5-6,28-41,48-50H,2-4,7-27,42-47H2,1H3. The third kappa shape index (κ3) is 23.9. The molecule has 0 amide bonds. The van der Waals surface area contributed by atoms with E-state index in [4.69, 9.17) is 37.9 Å². The zero-order chi connectivity index (χ0) is 54.7. The topological polar surface area (TPSA) is 159 Å². The summed E-state index contributed by atoms with van der Waals surface area (Å²) in [6.07, 6.45) is 25.2. The van der Waals surface area contributed by atoms with E-state index in [0.717, 1.165) is 107 Å². The van der Waals surface area contributed by atoms with Crippen LogP contribution in [0.5, 0.6) is 28.7 Å². The summed E-state index contributed by atoms with van der Waals surface area (Å²) in [7, 11) is 0. The average molecular weight is 1060 g/mol. The van der Waals surface area contributed by atoms with Crippen molar-refractivity contribution in [3.63, 3.8) is 0 Å². The minimum Gasteiger partial charge on any atom is -0.494 e. The zero-order valence-electron chi connectivity index (χ0n) is 45.5. The van der Waals surface area contributed by atoms with E-state index in [1.165, 1.54) is 75.1 Å². The fourth-order valence-corrected chi connectivity index (χ4v) is 9.13. The highest BCUT2D eigenvalue weighted by atomic mass is 16.6.